The minimum atomic E-state index is -3.95. The van der Waals surface area contributed by atoms with Gasteiger partial charge in [-0.1, -0.05) is 6.07 Å². The maximum atomic E-state index is 13.0. The number of nitrogens with one attached hydrogen (secondary N) is 1. The van der Waals surface area contributed by atoms with Crippen molar-refractivity contribution in [3.05, 3.63) is 48.0 Å². The standard InChI is InChI=1S/C20H27N3O5S2/c1-22(2)30(27,28)18-9-7-17(8-10-18)29(25,26)21-19-14-16(15-24)6-11-20(19)23-12-4-3-5-13-23/h6-11,14,21,24H,3-5,12-13,15H2,1-2H3. The minimum absolute atomic E-state index is 0.0164. The average Bonchev–Trinajstić information content (AvgIpc) is 2.74. The summed E-state index contributed by atoms with van der Waals surface area (Å²) >= 11 is 0. The normalized spacial score (nSPS) is 15.4. The highest BCUT2D eigenvalue weighted by Crippen LogP contribution is 2.31. The van der Waals surface area contributed by atoms with E-state index in [4.69, 9.17) is 0 Å². The second-order valence-electron chi connectivity index (χ2n) is 7.42. The molecule has 1 saturated heterocycles. The highest BCUT2D eigenvalue weighted by molar-refractivity contribution is 7.92. The second kappa shape index (κ2) is 8.93. The molecule has 1 fully saturated rings. The van der Waals surface area contributed by atoms with E-state index in [1.54, 1.807) is 12.1 Å². The molecule has 0 aromatic heterocycles. The van der Waals surface area contributed by atoms with Gasteiger partial charge in [0.2, 0.25) is 10.0 Å². The van der Waals surface area contributed by atoms with Gasteiger partial charge in [-0.3, -0.25) is 4.72 Å². The third kappa shape index (κ3) is 4.77. The van der Waals surface area contributed by atoms with Crippen LogP contribution in [-0.2, 0) is 26.7 Å². The quantitative estimate of drug-likeness (QED) is 0.666. The molecule has 164 valence electrons. The van der Waals surface area contributed by atoms with Gasteiger partial charge >= 0.3 is 0 Å². The van der Waals surface area contributed by atoms with Crippen molar-refractivity contribution < 1.29 is 21.9 Å². The van der Waals surface area contributed by atoms with E-state index in [-0.39, 0.29) is 16.4 Å². The number of anilines is 2. The van der Waals surface area contributed by atoms with E-state index in [1.165, 1.54) is 38.4 Å². The van der Waals surface area contributed by atoms with Crippen LogP contribution in [0.2, 0.25) is 0 Å². The third-order valence-electron chi connectivity index (χ3n) is 5.10. The molecule has 0 atom stereocenters. The molecule has 1 aliphatic heterocycles. The number of hydrogen-bond donors (Lipinski definition) is 2. The molecule has 0 aliphatic carbocycles. The Labute approximate surface area is 178 Å². The summed E-state index contributed by atoms with van der Waals surface area (Å²) < 4.78 is 54.1. The van der Waals surface area contributed by atoms with Crippen molar-refractivity contribution in [3.8, 4) is 0 Å². The fraction of sp³-hybridized carbons (Fsp3) is 0.400. The predicted molar refractivity (Wildman–Crippen MR) is 117 cm³/mol. The lowest BCUT2D eigenvalue weighted by atomic mass is 10.1. The van der Waals surface area contributed by atoms with Crippen molar-refractivity contribution in [1.29, 1.82) is 0 Å². The average molecular weight is 454 g/mol. The zero-order valence-corrected chi connectivity index (χ0v) is 18.7. The summed E-state index contributed by atoms with van der Waals surface area (Å²) in [5.74, 6) is 0. The van der Waals surface area contributed by atoms with Gasteiger partial charge in [0.25, 0.3) is 10.0 Å². The van der Waals surface area contributed by atoms with Gasteiger partial charge in [-0.05, 0) is 61.2 Å². The number of rotatable bonds is 7. The smallest absolute Gasteiger partial charge is 0.261 e. The van der Waals surface area contributed by atoms with Crippen molar-refractivity contribution in [2.75, 3.05) is 36.8 Å². The summed E-state index contributed by atoms with van der Waals surface area (Å²) in [7, 11) is -4.76. The number of benzene rings is 2. The summed E-state index contributed by atoms with van der Waals surface area (Å²) in [6, 6.07) is 10.3. The first-order chi connectivity index (χ1) is 14.1. The first-order valence-electron chi connectivity index (χ1n) is 9.69. The number of nitrogens with zero attached hydrogens (tertiary/aromatic N) is 2. The molecule has 1 aliphatic rings. The summed E-state index contributed by atoms with van der Waals surface area (Å²) in [4.78, 5) is 2.11. The molecule has 2 N–H and O–H groups in total. The fourth-order valence-corrected chi connectivity index (χ4v) is 5.35. The second-order valence-corrected chi connectivity index (χ2v) is 11.3. The molecule has 2 aromatic carbocycles. The highest BCUT2D eigenvalue weighted by Gasteiger charge is 2.22. The maximum absolute atomic E-state index is 13.0. The molecule has 0 unspecified atom stereocenters. The number of aliphatic hydroxyl groups is 1. The Hall–Kier alpha value is -2.14. The van der Waals surface area contributed by atoms with Gasteiger partial charge in [-0.15, -0.1) is 0 Å². The van der Waals surface area contributed by atoms with Gasteiger partial charge in [0.05, 0.1) is 27.8 Å². The van der Waals surface area contributed by atoms with Crippen LogP contribution in [0.1, 0.15) is 24.8 Å². The van der Waals surface area contributed by atoms with Crippen molar-refractivity contribution >= 4 is 31.4 Å². The van der Waals surface area contributed by atoms with Crippen LogP contribution >= 0.6 is 0 Å². The van der Waals surface area contributed by atoms with Crippen molar-refractivity contribution in [2.24, 2.45) is 0 Å². The molecule has 0 bridgehead atoms. The summed E-state index contributed by atoms with van der Waals surface area (Å²) in [5.41, 5.74) is 1.76. The SMILES string of the molecule is CN(C)S(=O)(=O)c1ccc(S(=O)(=O)Nc2cc(CO)ccc2N2CCCCC2)cc1. The van der Waals surface area contributed by atoms with Gasteiger partial charge in [0.1, 0.15) is 0 Å². The largest absolute Gasteiger partial charge is 0.392 e. The molecule has 0 radical (unpaired) electrons. The molecular formula is C20H27N3O5S2. The van der Waals surface area contributed by atoms with E-state index in [0.29, 0.717) is 11.3 Å². The number of aliphatic hydroxyl groups excluding tert-OH is 1. The Morgan fingerprint density at radius 3 is 2.10 bits per heavy atom. The predicted octanol–water partition coefficient (Wildman–Crippen LogP) is 2.22. The van der Waals surface area contributed by atoms with Crippen LogP contribution in [0.4, 0.5) is 11.4 Å². The molecule has 8 nitrogen and oxygen atoms in total. The van der Waals surface area contributed by atoms with Gasteiger partial charge < -0.3 is 10.0 Å². The van der Waals surface area contributed by atoms with E-state index in [1.807, 2.05) is 6.07 Å². The molecule has 3 rings (SSSR count). The fourth-order valence-electron chi connectivity index (χ4n) is 3.38. The molecule has 0 saturated carbocycles. The maximum Gasteiger partial charge on any atom is 0.261 e. The van der Waals surface area contributed by atoms with E-state index in [2.05, 4.69) is 9.62 Å². The van der Waals surface area contributed by atoms with Crippen LogP contribution in [0, 0.1) is 0 Å². The highest BCUT2D eigenvalue weighted by atomic mass is 32.2. The van der Waals surface area contributed by atoms with Crippen LogP contribution in [0.15, 0.2) is 52.3 Å². The molecule has 1 heterocycles. The topological polar surface area (TPSA) is 107 Å². The van der Waals surface area contributed by atoms with Crippen LogP contribution in [-0.4, -0.2) is 53.4 Å². The van der Waals surface area contributed by atoms with E-state index >= 15 is 0 Å². The van der Waals surface area contributed by atoms with Crippen molar-refractivity contribution in [2.45, 2.75) is 35.7 Å². The molecule has 2 aromatic rings. The molecule has 0 amide bonds. The van der Waals surface area contributed by atoms with Crippen LogP contribution in [0.5, 0.6) is 0 Å². The lowest BCUT2D eigenvalue weighted by Crippen LogP contribution is -2.30. The van der Waals surface area contributed by atoms with E-state index in [0.717, 1.165) is 42.3 Å². The zero-order valence-electron chi connectivity index (χ0n) is 17.1. The number of sulfonamides is 2. The lowest BCUT2D eigenvalue weighted by molar-refractivity contribution is 0.282. The Bertz CT molecular complexity index is 1090. The Morgan fingerprint density at radius 1 is 0.933 bits per heavy atom. The third-order valence-corrected chi connectivity index (χ3v) is 8.31. The van der Waals surface area contributed by atoms with Crippen LogP contribution in [0.25, 0.3) is 0 Å². The lowest BCUT2D eigenvalue weighted by Gasteiger charge is -2.31. The van der Waals surface area contributed by atoms with E-state index < -0.39 is 20.0 Å². The Balaban J connectivity index is 1.93. The van der Waals surface area contributed by atoms with Gasteiger partial charge in [-0.2, -0.15) is 0 Å². The van der Waals surface area contributed by atoms with Crippen molar-refractivity contribution in [3.63, 3.8) is 0 Å². The van der Waals surface area contributed by atoms with Crippen LogP contribution < -0.4 is 9.62 Å². The first-order valence-corrected chi connectivity index (χ1v) is 12.6. The number of piperidine rings is 1. The molecule has 10 heteroatoms. The summed E-state index contributed by atoms with van der Waals surface area (Å²) in [6.07, 6.45) is 3.22. The van der Waals surface area contributed by atoms with Crippen LogP contribution in [0.3, 0.4) is 0 Å². The minimum Gasteiger partial charge on any atom is -0.392 e. The summed E-state index contributed by atoms with van der Waals surface area (Å²) in [5, 5.41) is 9.48. The monoisotopic (exact) mass is 453 g/mol. The van der Waals surface area contributed by atoms with Crippen molar-refractivity contribution in [1.82, 2.24) is 4.31 Å². The molecule has 0 spiro atoms. The molecule has 30 heavy (non-hydrogen) atoms. The van der Waals surface area contributed by atoms with E-state index in [9.17, 15) is 21.9 Å². The van der Waals surface area contributed by atoms with Gasteiger partial charge in [0.15, 0.2) is 0 Å². The summed E-state index contributed by atoms with van der Waals surface area (Å²) in [6.45, 7) is 1.47. The number of hydrogen-bond acceptors (Lipinski definition) is 6. The first kappa shape index (κ1) is 22.5. The Morgan fingerprint density at radius 2 is 1.53 bits per heavy atom. The Kier molecular flexibility index (Phi) is 6.71. The van der Waals surface area contributed by atoms with Gasteiger partial charge in [0, 0.05) is 27.2 Å². The molecular weight excluding hydrogens is 426 g/mol. The van der Waals surface area contributed by atoms with Gasteiger partial charge in [-0.25, -0.2) is 21.1 Å². The zero-order chi connectivity index (χ0) is 21.9.